The standard InChI is InChI=1S/C14H25NO3/c1-4-12(5-2)18-14-8-11(9-16)6-7-13(14)15-10(3)17/h8,12-14,16H,4-7,9H2,1-3H3,(H,15,17)/t13-,14-/m1/s1. The highest BCUT2D eigenvalue weighted by molar-refractivity contribution is 5.73. The normalized spacial score (nSPS) is 23.9. The minimum Gasteiger partial charge on any atom is -0.392 e. The van der Waals surface area contributed by atoms with E-state index in [-0.39, 0.29) is 30.8 Å². The van der Waals surface area contributed by atoms with Crippen LogP contribution in [0.15, 0.2) is 11.6 Å². The van der Waals surface area contributed by atoms with Gasteiger partial charge in [0.25, 0.3) is 0 Å². The molecule has 1 rings (SSSR count). The van der Waals surface area contributed by atoms with Gasteiger partial charge in [-0.3, -0.25) is 4.79 Å². The molecule has 0 radical (unpaired) electrons. The lowest BCUT2D eigenvalue weighted by Gasteiger charge is -2.33. The molecule has 0 saturated heterocycles. The second-order valence-corrected chi connectivity index (χ2v) is 4.87. The average molecular weight is 255 g/mol. The fraction of sp³-hybridized carbons (Fsp3) is 0.786. The van der Waals surface area contributed by atoms with Gasteiger partial charge in [-0.1, -0.05) is 19.9 Å². The van der Waals surface area contributed by atoms with Crippen LogP contribution >= 0.6 is 0 Å². The molecule has 104 valence electrons. The van der Waals surface area contributed by atoms with Crippen LogP contribution in [0, 0.1) is 0 Å². The predicted molar refractivity (Wildman–Crippen MR) is 71.3 cm³/mol. The van der Waals surface area contributed by atoms with Gasteiger partial charge in [0.2, 0.25) is 5.91 Å². The second-order valence-electron chi connectivity index (χ2n) is 4.87. The molecule has 0 aromatic rings. The largest absolute Gasteiger partial charge is 0.392 e. The lowest BCUT2D eigenvalue weighted by Crippen LogP contribution is -2.46. The lowest BCUT2D eigenvalue weighted by atomic mass is 9.92. The van der Waals surface area contributed by atoms with E-state index in [0.717, 1.165) is 31.3 Å². The number of nitrogens with one attached hydrogen (secondary N) is 1. The lowest BCUT2D eigenvalue weighted by molar-refractivity contribution is -0.121. The number of aliphatic hydroxyl groups excluding tert-OH is 1. The Hall–Kier alpha value is -0.870. The summed E-state index contributed by atoms with van der Waals surface area (Å²) < 4.78 is 6.03. The van der Waals surface area contributed by atoms with Crippen LogP contribution in [0.1, 0.15) is 46.5 Å². The van der Waals surface area contributed by atoms with E-state index in [9.17, 15) is 9.90 Å². The van der Waals surface area contributed by atoms with E-state index >= 15 is 0 Å². The second kappa shape index (κ2) is 7.54. The number of rotatable bonds is 6. The Morgan fingerprint density at radius 1 is 1.56 bits per heavy atom. The summed E-state index contributed by atoms with van der Waals surface area (Å²) in [5, 5.41) is 12.2. The van der Waals surface area contributed by atoms with Crippen LogP contribution in [0.4, 0.5) is 0 Å². The predicted octanol–water partition coefficient (Wildman–Crippen LogP) is 1.78. The molecular weight excluding hydrogens is 230 g/mol. The molecule has 1 amide bonds. The van der Waals surface area contributed by atoms with Crippen molar-refractivity contribution in [3.8, 4) is 0 Å². The zero-order chi connectivity index (χ0) is 13.5. The molecule has 0 unspecified atom stereocenters. The molecule has 1 aliphatic rings. The quantitative estimate of drug-likeness (QED) is 0.711. The number of hydrogen-bond donors (Lipinski definition) is 2. The van der Waals surface area contributed by atoms with Gasteiger partial charge in [-0.05, 0) is 31.3 Å². The van der Waals surface area contributed by atoms with E-state index in [1.165, 1.54) is 6.92 Å². The molecule has 2 N–H and O–H groups in total. The van der Waals surface area contributed by atoms with E-state index in [0.29, 0.717) is 0 Å². The molecule has 0 aliphatic heterocycles. The zero-order valence-corrected chi connectivity index (χ0v) is 11.6. The fourth-order valence-electron chi connectivity index (χ4n) is 2.32. The van der Waals surface area contributed by atoms with Crippen LogP contribution in [0.5, 0.6) is 0 Å². The third-order valence-electron chi connectivity index (χ3n) is 3.43. The smallest absolute Gasteiger partial charge is 0.217 e. The molecule has 0 heterocycles. The molecule has 2 atom stereocenters. The van der Waals surface area contributed by atoms with Crippen molar-refractivity contribution in [3.05, 3.63) is 11.6 Å². The fourth-order valence-corrected chi connectivity index (χ4v) is 2.32. The number of carbonyl (C=O) groups is 1. The van der Waals surface area contributed by atoms with Crippen LogP contribution in [0.2, 0.25) is 0 Å². The Balaban J connectivity index is 2.72. The summed E-state index contributed by atoms with van der Waals surface area (Å²) >= 11 is 0. The first kappa shape index (κ1) is 15.2. The van der Waals surface area contributed by atoms with E-state index < -0.39 is 0 Å². The van der Waals surface area contributed by atoms with Crippen LogP contribution in [0.25, 0.3) is 0 Å². The van der Waals surface area contributed by atoms with Crippen molar-refractivity contribution in [3.63, 3.8) is 0 Å². The average Bonchev–Trinajstić information content (AvgIpc) is 2.36. The van der Waals surface area contributed by atoms with E-state index in [1.807, 2.05) is 6.08 Å². The van der Waals surface area contributed by atoms with Gasteiger partial charge < -0.3 is 15.2 Å². The molecular formula is C14H25NO3. The van der Waals surface area contributed by atoms with Crippen molar-refractivity contribution in [2.75, 3.05) is 6.61 Å². The Labute approximate surface area is 109 Å². The number of hydrogen-bond acceptors (Lipinski definition) is 3. The molecule has 4 nitrogen and oxygen atoms in total. The Kier molecular flexibility index (Phi) is 6.36. The van der Waals surface area contributed by atoms with Gasteiger partial charge in [-0.2, -0.15) is 0 Å². The van der Waals surface area contributed by atoms with Crippen LogP contribution in [-0.2, 0) is 9.53 Å². The molecule has 0 aromatic heterocycles. The maximum atomic E-state index is 11.2. The van der Waals surface area contributed by atoms with Gasteiger partial charge in [0.05, 0.1) is 24.9 Å². The van der Waals surface area contributed by atoms with Crippen molar-refractivity contribution in [2.45, 2.75) is 64.7 Å². The van der Waals surface area contributed by atoms with Gasteiger partial charge in [0.15, 0.2) is 0 Å². The SMILES string of the molecule is CCC(CC)O[C@@H]1C=C(CO)CC[C@H]1NC(C)=O. The Bertz CT molecular complexity index is 297. The molecule has 1 aliphatic carbocycles. The number of carbonyl (C=O) groups excluding carboxylic acids is 1. The molecule has 0 spiro atoms. The van der Waals surface area contributed by atoms with E-state index in [4.69, 9.17) is 4.74 Å². The van der Waals surface area contributed by atoms with E-state index in [2.05, 4.69) is 19.2 Å². The van der Waals surface area contributed by atoms with Gasteiger partial charge >= 0.3 is 0 Å². The van der Waals surface area contributed by atoms with Crippen molar-refractivity contribution in [2.24, 2.45) is 0 Å². The first-order valence-electron chi connectivity index (χ1n) is 6.83. The molecule has 0 saturated carbocycles. The molecule has 0 aromatic carbocycles. The maximum absolute atomic E-state index is 11.2. The van der Waals surface area contributed by atoms with Gasteiger partial charge in [-0.15, -0.1) is 0 Å². The summed E-state index contributed by atoms with van der Waals surface area (Å²) in [6.45, 7) is 5.80. The van der Waals surface area contributed by atoms with Crippen molar-refractivity contribution >= 4 is 5.91 Å². The molecule has 0 bridgehead atoms. The van der Waals surface area contributed by atoms with E-state index in [1.54, 1.807) is 0 Å². The van der Waals surface area contributed by atoms with Crippen LogP contribution < -0.4 is 5.32 Å². The molecule has 0 fully saturated rings. The number of amides is 1. The van der Waals surface area contributed by atoms with Crippen molar-refractivity contribution < 1.29 is 14.6 Å². The summed E-state index contributed by atoms with van der Waals surface area (Å²) in [5.41, 5.74) is 1.01. The number of aliphatic hydroxyl groups is 1. The summed E-state index contributed by atoms with van der Waals surface area (Å²) in [5.74, 6) is -0.0287. The van der Waals surface area contributed by atoms with Crippen molar-refractivity contribution in [1.29, 1.82) is 0 Å². The van der Waals surface area contributed by atoms with Crippen LogP contribution in [-0.4, -0.2) is 35.9 Å². The van der Waals surface area contributed by atoms with Gasteiger partial charge in [0, 0.05) is 6.92 Å². The summed E-state index contributed by atoms with van der Waals surface area (Å²) in [4.78, 5) is 11.2. The monoisotopic (exact) mass is 255 g/mol. The summed E-state index contributed by atoms with van der Waals surface area (Å²) in [6.07, 6.45) is 5.64. The minimum atomic E-state index is -0.116. The maximum Gasteiger partial charge on any atom is 0.217 e. The number of ether oxygens (including phenoxy) is 1. The summed E-state index contributed by atoms with van der Waals surface area (Å²) in [7, 11) is 0. The van der Waals surface area contributed by atoms with Gasteiger partial charge in [-0.25, -0.2) is 0 Å². The van der Waals surface area contributed by atoms with Gasteiger partial charge in [0.1, 0.15) is 0 Å². The topological polar surface area (TPSA) is 58.6 Å². The minimum absolute atomic E-state index is 0.0263. The highest BCUT2D eigenvalue weighted by atomic mass is 16.5. The Morgan fingerprint density at radius 3 is 2.72 bits per heavy atom. The first-order valence-corrected chi connectivity index (χ1v) is 6.83. The highest BCUT2D eigenvalue weighted by Crippen LogP contribution is 2.23. The molecule has 4 heteroatoms. The first-order chi connectivity index (χ1) is 8.60. The molecule has 18 heavy (non-hydrogen) atoms. The Morgan fingerprint density at radius 2 is 2.22 bits per heavy atom. The zero-order valence-electron chi connectivity index (χ0n) is 11.6. The van der Waals surface area contributed by atoms with Crippen molar-refractivity contribution in [1.82, 2.24) is 5.32 Å². The summed E-state index contributed by atoms with van der Waals surface area (Å²) in [6, 6.07) is 0.0263. The third-order valence-corrected chi connectivity index (χ3v) is 3.43. The van der Waals surface area contributed by atoms with Crippen LogP contribution in [0.3, 0.4) is 0 Å². The third kappa shape index (κ3) is 4.42. The highest BCUT2D eigenvalue weighted by Gasteiger charge is 2.27.